The van der Waals surface area contributed by atoms with E-state index in [0.29, 0.717) is 18.0 Å². The molecule has 0 aromatic carbocycles. The first-order chi connectivity index (χ1) is 5.25. The maximum Gasteiger partial charge on any atom is 0.194 e. The number of hydrogen-bond donors (Lipinski definition) is 1. The zero-order valence-corrected chi connectivity index (χ0v) is 7.44. The molecule has 0 aliphatic carbocycles. The lowest BCUT2D eigenvalue weighted by molar-refractivity contribution is 0.126. The number of aromatic nitrogens is 3. The predicted octanol–water partition coefficient (Wildman–Crippen LogP) is 1.01. The highest BCUT2D eigenvalue weighted by molar-refractivity contribution is 7.71. The van der Waals surface area contributed by atoms with E-state index >= 15 is 0 Å². The number of nitrogens with one attached hydrogen (secondary N) is 1. The van der Waals surface area contributed by atoms with Crippen LogP contribution in [0.4, 0.5) is 0 Å². The Morgan fingerprint density at radius 2 is 2.45 bits per heavy atom. The molecule has 1 N–H and O–H groups in total. The minimum atomic E-state index is 0.514. The second kappa shape index (κ2) is 3.64. The highest BCUT2D eigenvalue weighted by atomic mass is 32.1. The summed E-state index contributed by atoms with van der Waals surface area (Å²) in [4.78, 5) is 0. The summed E-state index contributed by atoms with van der Waals surface area (Å²) in [5.41, 5.74) is 0. The maximum atomic E-state index is 5.16. The monoisotopic (exact) mass is 173 g/mol. The van der Waals surface area contributed by atoms with E-state index in [0.717, 1.165) is 5.82 Å². The van der Waals surface area contributed by atoms with Gasteiger partial charge in [-0.25, -0.2) is 0 Å². The second-order valence-corrected chi connectivity index (χ2v) is 2.53. The average Bonchev–Trinajstić information content (AvgIpc) is 2.31. The molecule has 0 saturated heterocycles. The number of rotatable bonds is 3. The van der Waals surface area contributed by atoms with E-state index < -0.39 is 0 Å². The topological polar surface area (TPSA) is 42.8 Å². The highest BCUT2D eigenvalue weighted by Gasteiger charge is 1.99. The van der Waals surface area contributed by atoms with Gasteiger partial charge in [-0.3, -0.25) is 5.10 Å². The molecule has 1 aromatic heterocycles. The van der Waals surface area contributed by atoms with Crippen LogP contribution < -0.4 is 0 Å². The van der Waals surface area contributed by atoms with Crippen LogP contribution in [-0.2, 0) is 18.4 Å². The van der Waals surface area contributed by atoms with Crippen molar-refractivity contribution >= 4 is 12.2 Å². The number of ether oxygens (including phenoxy) is 1. The van der Waals surface area contributed by atoms with E-state index in [1.54, 1.807) is 4.57 Å². The van der Waals surface area contributed by atoms with Gasteiger partial charge < -0.3 is 9.30 Å². The van der Waals surface area contributed by atoms with Crippen molar-refractivity contribution in [3.63, 3.8) is 0 Å². The van der Waals surface area contributed by atoms with Gasteiger partial charge in [-0.05, 0) is 19.1 Å². The molecule has 0 aliphatic heterocycles. The van der Waals surface area contributed by atoms with Gasteiger partial charge >= 0.3 is 0 Å². The quantitative estimate of drug-likeness (QED) is 0.694. The minimum absolute atomic E-state index is 0.514. The van der Waals surface area contributed by atoms with Crippen molar-refractivity contribution in [2.45, 2.75) is 13.5 Å². The molecule has 0 amide bonds. The van der Waals surface area contributed by atoms with Crippen LogP contribution in [0.2, 0.25) is 0 Å². The molecular formula is C6H11N3OS. The molecule has 11 heavy (non-hydrogen) atoms. The Bertz CT molecular complexity index is 278. The maximum absolute atomic E-state index is 5.16. The standard InChI is InChI=1S/C6H11N3OS/c1-3-10-4-5-7-8-6(11)9(5)2/h3-4H2,1-2H3,(H,8,11). The lowest BCUT2D eigenvalue weighted by Gasteiger charge is -1.98. The number of nitrogens with zero attached hydrogens (tertiary/aromatic N) is 2. The summed E-state index contributed by atoms with van der Waals surface area (Å²) in [5.74, 6) is 0.830. The lowest BCUT2D eigenvalue weighted by atomic mass is 10.6. The zero-order chi connectivity index (χ0) is 8.27. The van der Waals surface area contributed by atoms with E-state index in [-0.39, 0.29) is 0 Å². The van der Waals surface area contributed by atoms with Crippen LogP contribution in [0.3, 0.4) is 0 Å². The summed E-state index contributed by atoms with van der Waals surface area (Å²) < 4.78 is 7.59. The second-order valence-electron chi connectivity index (χ2n) is 2.14. The first kappa shape index (κ1) is 8.42. The first-order valence-electron chi connectivity index (χ1n) is 3.43. The van der Waals surface area contributed by atoms with Crippen molar-refractivity contribution in [1.29, 1.82) is 0 Å². The Hall–Kier alpha value is -0.680. The largest absolute Gasteiger partial charge is 0.374 e. The Balaban J connectivity index is 2.71. The zero-order valence-electron chi connectivity index (χ0n) is 6.63. The van der Waals surface area contributed by atoms with Gasteiger partial charge in [0.2, 0.25) is 0 Å². The SMILES string of the molecule is CCOCc1n[nH]c(=S)n1C. The molecule has 1 aromatic rings. The van der Waals surface area contributed by atoms with E-state index in [2.05, 4.69) is 10.2 Å². The van der Waals surface area contributed by atoms with Crippen molar-refractivity contribution in [2.75, 3.05) is 6.61 Å². The van der Waals surface area contributed by atoms with Gasteiger partial charge in [0.05, 0.1) is 0 Å². The Kier molecular flexibility index (Phi) is 2.78. The fraction of sp³-hybridized carbons (Fsp3) is 0.667. The van der Waals surface area contributed by atoms with Gasteiger partial charge in [-0.1, -0.05) is 0 Å². The van der Waals surface area contributed by atoms with Crippen LogP contribution in [0.1, 0.15) is 12.7 Å². The number of aromatic amines is 1. The average molecular weight is 173 g/mol. The predicted molar refractivity (Wildman–Crippen MR) is 43.7 cm³/mol. The van der Waals surface area contributed by atoms with Gasteiger partial charge in [0.1, 0.15) is 6.61 Å². The van der Waals surface area contributed by atoms with Crippen LogP contribution in [0, 0.1) is 4.77 Å². The smallest absolute Gasteiger partial charge is 0.194 e. The molecule has 1 heterocycles. The fourth-order valence-corrected chi connectivity index (χ4v) is 0.853. The van der Waals surface area contributed by atoms with Crippen molar-refractivity contribution in [3.8, 4) is 0 Å². The molecule has 0 bridgehead atoms. The highest BCUT2D eigenvalue weighted by Crippen LogP contribution is 1.95. The van der Waals surface area contributed by atoms with Crippen molar-refractivity contribution in [1.82, 2.24) is 14.8 Å². The summed E-state index contributed by atoms with van der Waals surface area (Å²) in [6.45, 7) is 3.15. The minimum Gasteiger partial charge on any atom is -0.374 e. The van der Waals surface area contributed by atoms with Crippen molar-refractivity contribution < 1.29 is 4.74 Å². The van der Waals surface area contributed by atoms with Gasteiger partial charge in [-0.2, -0.15) is 5.10 Å². The van der Waals surface area contributed by atoms with Crippen molar-refractivity contribution in [3.05, 3.63) is 10.6 Å². The molecule has 1 rings (SSSR count). The lowest BCUT2D eigenvalue weighted by Crippen LogP contribution is -2.00. The molecule has 62 valence electrons. The third-order valence-corrected chi connectivity index (χ3v) is 1.77. The molecular weight excluding hydrogens is 162 g/mol. The third-order valence-electron chi connectivity index (χ3n) is 1.41. The number of hydrogen-bond acceptors (Lipinski definition) is 3. The van der Waals surface area contributed by atoms with Crippen LogP contribution in [0.15, 0.2) is 0 Å². The molecule has 0 saturated carbocycles. The molecule has 0 atom stereocenters. The van der Waals surface area contributed by atoms with E-state index in [4.69, 9.17) is 17.0 Å². The summed E-state index contributed by atoms with van der Waals surface area (Å²) in [6.07, 6.45) is 0. The van der Waals surface area contributed by atoms with Crippen molar-refractivity contribution in [2.24, 2.45) is 7.05 Å². The third kappa shape index (κ3) is 1.87. The van der Waals surface area contributed by atoms with E-state index in [1.807, 2.05) is 14.0 Å². The van der Waals surface area contributed by atoms with E-state index in [9.17, 15) is 0 Å². The summed E-state index contributed by atoms with van der Waals surface area (Å²) in [6, 6.07) is 0. The first-order valence-corrected chi connectivity index (χ1v) is 3.84. The fourth-order valence-electron chi connectivity index (χ4n) is 0.702. The van der Waals surface area contributed by atoms with Crippen LogP contribution in [-0.4, -0.2) is 21.4 Å². The Morgan fingerprint density at radius 1 is 1.73 bits per heavy atom. The van der Waals surface area contributed by atoms with Gasteiger partial charge in [-0.15, -0.1) is 0 Å². The summed E-state index contributed by atoms with van der Waals surface area (Å²) in [7, 11) is 1.86. The molecule has 0 spiro atoms. The van der Waals surface area contributed by atoms with Crippen LogP contribution in [0.25, 0.3) is 0 Å². The van der Waals surface area contributed by atoms with Gasteiger partial charge in [0, 0.05) is 13.7 Å². The molecule has 4 nitrogen and oxygen atoms in total. The molecule has 0 fully saturated rings. The molecule has 5 heteroatoms. The van der Waals surface area contributed by atoms with Crippen LogP contribution in [0.5, 0.6) is 0 Å². The summed E-state index contributed by atoms with van der Waals surface area (Å²) in [5, 5.41) is 6.66. The Morgan fingerprint density at radius 3 is 2.91 bits per heavy atom. The van der Waals surface area contributed by atoms with E-state index in [1.165, 1.54) is 0 Å². The summed E-state index contributed by atoms with van der Waals surface area (Å²) >= 11 is 4.91. The Labute approximate surface area is 70.2 Å². The van der Waals surface area contributed by atoms with Crippen LogP contribution >= 0.6 is 12.2 Å². The normalized spacial score (nSPS) is 10.4. The van der Waals surface area contributed by atoms with Gasteiger partial charge in [0.25, 0.3) is 0 Å². The number of H-pyrrole nitrogens is 1. The van der Waals surface area contributed by atoms with Gasteiger partial charge in [0.15, 0.2) is 10.6 Å². The molecule has 0 unspecified atom stereocenters. The molecule has 0 aliphatic rings. The molecule has 0 radical (unpaired) electrons.